The lowest BCUT2D eigenvalue weighted by molar-refractivity contribution is -0.177. The third kappa shape index (κ3) is 4.06. The van der Waals surface area contributed by atoms with E-state index in [0.29, 0.717) is 25.7 Å². The Labute approximate surface area is 263 Å². The van der Waals surface area contributed by atoms with Gasteiger partial charge in [-0.15, -0.1) is 0 Å². The Morgan fingerprint density at radius 2 is 1.75 bits per heavy atom. The molecule has 6 heteroatoms. The van der Waals surface area contributed by atoms with Crippen LogP contribution in [0.15, 0.2) is 41.5 Å². The van der Waals surface area contributed by atoms with E-state index in [1.165, 1.54) is 5.56 Å². The molecule has 0 aromatic heterocycles. The molecule has 7 rings (SSSR count). The summed E-state index contributed by atoms with van der Waals surface area (Å²) in [4.78, 5) is 14.4. The Bertz CT molecular complexity index is 1350. The molecular weight excluding hydrogens is 552 g/mol. The second kappa shape index (κ2) is 9.97. The molecule has 4 fully saturated rings. The SMILES string of the molecule is CC(C)[C@@](C)(O)[C@@H]1O[C@@H]1[C@](C)(O)[C@@H]1C[C@H]2CCC3=C4C([C@H](CCc5ccccc5)C[C@@]1(C)[C@]42O)[C@]1(C)CC[C@H](O)C[C@H]1C3=O. The van der Waals surface area contributed by atoms with Gasteiger partial charge in [0, 0.05) is 11.3 Å². The van der Waals surface area contributed by atoms with Crippen molar-refractivity contribution in [3.05, 3.63) is 47.0 Å². The molecule has 13 atom stereocenters. The lowest BCUT2D eigenvalue weighted by Gasteiger charge is -2.65. The Kier molecular flexibility index (Phi) is 7.03. The number of benzene rings is 1. The van der Waals surface area contributed by atoms with Gasteiger partial charge in [0.2, 0.25) is 0 Å². The van der Waals surface area contributed by atoms with Crippen LogP contribution in [0.2, 0.25) is 0 Å². The molecule has 6 nitrogen and oxygen atoms in total. The number of hydrogen-bond donors (Lipinski definition) is 4. The molecule has 1 heterocycles. The van der Waals surface area contributed by atoms with Crippen molar-refractivity contribution >= 4 is 5.78 Å². The van der Waals surface area contributed by atoms with E-state index in [2.05, 4.69) is 38.1 Å². The molecular formula is C38H54O6. The minimum Gasteiger partial charge on any atom is -0.393 e. The molecule has 1 aliphatic heterocycles. The molecule has 6 aliphatic rings. The Balaban J connectivity index is 1.33. The zero-order valence-electron chi connectivity index (χ0n) is 27.6. The fourth-order valence-electron chi connectivity index (χ4n) is 11.7. The molecule has 0 bridgehead atoms. The quantitative estimate of drug-likeness (QED) is 0.310. The topological polar surface area (TPSA) is 111 Å². The van der Waals surface area contributed by atoms with Crippen molar-refractivity contribution in [1.82, 2.24) is 0 Å². The molecule has 0 spiro atoms. The van der Waals surface area contributed by atoms with E-state index in [-0.39, 0.29) is 46.7 Å². The van der Waals surface area contributed by atoms with E-state index >= 15 is 0 Å². The van der Waals surface area contributed by atoms with Crippen LogP contribution in [0.4, 0.5) is 0 Å². The van der Waals surface area contributed by atoms with Crippen LogP contribution >= 0.6 is 0 Å². The molecule has 44 heavy (non-hydrogen) atoms. The highest BCUT2D eigenvalue weighted by molar-refractivity contribution is 6.00. The number of ketones is 1. The monoisotopic (exact) mass is 606 g/mol. The largest absolute Gasteiger partial charge is 0.393 e. The number of carbonyl (C=O) groups excluding carboxylic acids is 1. The van der Waals surface area contributed by atoms with Gasteiger partial charge in [-0.2, -0.15) is 0 Å². The molecule has 3 saturated carbocycles. The molecule has 1 unspecified atom stereocenters. The first-order chi connectivity index (χ1) is 20.6. The van der Waals surface area contributed by atoms with Crippen molar-refractivity contribution in [2.45, 2.75) is 134 Å². The summed E-state index contributed by atoms with van der Waals surface area (Å²) in [5, 5.41) is 47.8. The van der Waals surface area contributed by atoms with E-state index in [0.717, 1.165) is 43.3 Å². The molecule has 1 saturated heterocycles. The second-order valence-electron chi connectivity index (χ2n) is 17.0. The number of aliphatic hydroxyl groups is 4. The summed E-state index contributed by atoms with van der Waals surface area (Å²) in [6.07, 6.45) is 5.30. The maximum absolute atomic E-state index is 14.4. The van der Waals surface area contributed by atoms with Gasteiger partial charge in [0.25, 0.3) is 0 Å². The summed E-state index contributed by atoms with van der Waals surface area (Å²) in [7, 11) is 0. The molecule has 1 aromatic rings. The van der Waals surface area contributed by atoms with E-state index in [1.54, 1.807) is 6.92 Å². The van der Waals surface area contributed by atoms with Gasteiger partial charge in [-0.3, -0.25) is 4.79 Å². The number of Topliss-reactive ketones (excluding diaryl/α,β-unsaturated/α-hetero) is 1. The molecule has 4 N–H and O–H groups in total. The van der Waals surface area contributed by atoms with E-state index in [1.807, 2.05) is 26.8 Å². The van der Waals surface area contributed by atoms with Crippen molar-refractivity contribution in [2.75, 3.05) is 0 Å². The van der Waals surface area contributed by atoms with Gasteiger partial charge >= 0.3 is 0 Å². The maximum Gasteiger partial charge on any atom is 0.162 e. The maximum atomic E-state index is 14.4. The normalized spacial score (nSPS) is 47.1. The summed E-state index contributed by atoms with van der Waals surface area (Å²) >= 11 is 0. The van der Waals surface area contributed by atoms with Gasteiger partial charge in [0.1, 0.15) is 12.2 Å². The zero-order chi connectivity index (χ0) is 31.6. The van der Waals surface area contributed by atoms with Crippen LogP contribution in [-0.2, 0) is 16.0 Å². The van der Waals surface area contributed by atoms with Crippen molar-refractivity contribution < 1.29 is 30.0 Å². The number of carbonyl (C=O) groups is 1. The average Bonchev–Trinajstić information content (AvgIpc) is 3.76. The van der Waals surface area contributed by atoms with Crippen LogP contribution in [0.5, 0.6) is 0 Å². The number of hydrogen-bond acceptors (Lipinski definition) is 6. The lowest BCUT2D eigenvalue weighted by atomic mass is 9.40. The van der Waals surface area contributed by atoms with Crippen LogP contribution in [-0.4, -0.2) is 61.3 Å². The molecule has 242 valence electrons. The van der Waals surface area contributed by atoms with Crippen LogP contribution in [0, 0.1) is 46.3 Å². The molecule has 0 radical (unpaired) electrons. The van der Waals surface area contributed by atoms with Crippen molar-refractivity contribution in [1.29, 1.82) is 0 Å². The number of rotatable bonds is 7. The highest BCUT2D eigenvalue weighted by Crippen LogP contribution is 2.75. The Hall–Kier alpha value is -1.57. The van der Waals surface area contributed by atoms with E-state index < -0.39 is 40.5 Å². The standard InChI is InChI=1S/C38H54O6/c1-21(2)36(5,41)32-33(44-32)37(6,42)28-18-24-14-15-26-30-29(34(3)17-16-25(39)19-27(34)31(26)40)23(20-35(28,4)38(24,30)43)13-12-22-10-8-7-9-11-22/h7-11,21,23-25,27-29,32-33,39,41-43H,12-20H2,1-6H3/t23-,24-,25+,27+,28-,29?,32-,33+,34-,35-,36-,37-,38-/m1/s1. The van der Waals surface area contributed by atoms with Crippen molar-refractivity contribution in [2.24, 2.45) is 46.3 Å². The summed E-state index contributed by atoms with van der Waals surface area (Å²) in [6.45, 7) is 12.1. The highest BCUT2D eigenvalue weighted by atomic mass is 16.6. The number of aliphatic hydroxyl groups excluding tert-OH is 1. The minimum absolute atomic E-state index is 0.0271. The second-order valence-corrected chi connectivity index (χ2v) is 17.0. The zero-order valence-corrected chi connectivity index (χ0v) is 27.6. The predicted octanol–water partition coefficient (Wildman–Crippen LogP) is 5.39. The van der Waals surface area contributed by atoms with Gasteiger partial charge in [0.05, 0.1) is 22.9 Å². The fourth-order valence-corrected chi connectivity index (χ4v) is 11.7. The van der Waals surface area contributed by atoms with Gasteiger partial charge < -0.3 is 25.2 Å². The van der Waals surface area contributed by atoms with Crippen molar-refractivity contribution in [3.63, 3.8) is 0 Å². The van der Waals surface area contributed by atoms with Crippen LogP contribution < -0.4 is 0 Å². The number of ether oxygens (including phenoxy) is 1. The van der Waals surface area contributed by atoms with Gasteiger partial charge in [-0.1, -0.05) is 58.0 Å². The number of aryl methyl sites for hydroxylation is 1. The number of epoxide rings is 1. The third-order valence-electron chi connectivity index (χ3n) is 14.5. The third-order valence-corrected chi connectivity index (χ3v) is 14.5. The van der Waals surface area contributed by atoms with Crippen molar-refractivity contribution in [3.8, 4) is 0 Å². The summed E-state index contributed by atoms with van der Waals surface area (Å²) in [6, 6.07) is 10.6. The molecule has 0 amide bonds. The molecule has 1 aromatic carbocycles. The minimum atomic E-state index is -1.25. The van der Waals surface area contributed by atoms with Crippen LogP contribution in [0.1, 0.15) is 98.5 Å². The predicted molar refractivity (Wildman–Crippen MR) is 168 cm³/mol. The number of fused-ring (bicyclic) bond motifs is 2. The highest BCUT2D eigenvalue weighted by Gasteiger charge is 2.77. The smallest absolute Gasteiger partial charge is 0.162 e. The molecule has 5 aliphatic carbocycles. The van der Waals surface area contributed by atoms with Gasteiger partial charge in [0.15, 0.2) is 5.78 Å². The first kappa shape index (κ1) is 31.1. The van der Waals surface area contributed by atoms with Gasteiger partial charge in [-0.25, -0.2) is 0 Å². The van der Waals surface area contributed by atoms with Crippen LogP contribution in [0.25, 0.3) is 0 Å². The fraction of sp³-hybridized carbons (Fsp3) is 0.763. The Morgan fingerprint density at radius 1 is 1.05 bits per heavy atom. The first-order valence-corrected chi connectivity index (χ1v) is 17.4. The van der Waals surface area contributed by atoms with E-state index in [4.69, 9.17) is 4.74 Å². The average molecular weight is 607 g/mol. The first-order valence-electron chi connectivity index (χ1n) is 17.4. The summed E-state index contributed by atoms with van der Waals surface area (Å²) in [5.74, 6) is -0.0596. The summed E-state index contributed by atoms with van der Waals surface area (Å²) < 4.78 is 6.14. The van der Waals surface area contributed by atoms with Gasteiger partial charge in [-0.05, 0) is 123 Å². The lowest BCUT2D eigenvalue weighted by Crippen LogP contribution is -2.66. The van der Waals surface area contributed by atoms with Crippen LogP contribution in [0.3, 0.4) is 0 Å². The number of allylic oxidation sites excluding steroid dienone is 1. The summed E-state index contributed by atoms with van der Waals surface area (Å²) in [5.41, 5.74) is -1.31. The Morgan fingerprint density at radius 3 is 2.43 bits per heavy atom. The van der Waals surface area contributed by atoms with E-state index in [9.17, 15) is 25.2 Å².